The van der Waals surface area contributed by atoms with Crippen LogP contribution in [0.3, 0.4) is 0 Å². The van der Waals surface area contributed by atoms with Gasteiger partial charge in [0.05, 0.1) is 0 Å². The summed E-state index contributed by atoms with van der Waals surface area (Å²) in [5.74, 6) is -0.0172. The van der Waals surface area contributed by atoms with E-state index in [2.05, 4.69) is 4.98 Å². The lowest BCUT2D eigenvalue weighted by Gasteiger charge is -2.16. The van der Waals surface area contributed by atoms with Crippen molar-refractivity contribution in [3.63, 3.8) is 0 Å². The number of nitrogens with one attached hydrogen (secondary N) is 1. The van der Waals surface area contributed by atoms with Crippen LogP contribution in [0.1, 0.15) is 58.8 Å². The molecular weight excluding hydrogens is 290 g/mol. The number of hydrogen-bond donors (Lipinski definition) is 2. The van der Waals surface area contributed by atoms with Gasteiger partial charge >= 0.3 is 0 Å². The fourth-order valence-electron chi connectivity index (χ4n) is 2.97. The van der Waals surface area contributed by atoms with E-state index in [4.69, 9.17) is 5.73 Å². The van der Waals surface area contributed by atoms with E-state index in [0.717, 1.165) is 30.5 Å². The second kappa shape index (κ2) is 7.09. The number of nitrogens with zero attached hydrogens (tertiary/aromatic N) is 1. The number of ketones is 1. The number of amides is 1. The lowest BCUT2D eigenvalue weighted by atomic mass is 10.0. The molecule has 0 aliphatic carbocycles. The third-order valence-electron chi connectivity index (χ3n) is 3.87. The Bertz CT molecular complexity index is 539. The van der Waals surface area contributed by atoms with Gasteiger partial charge in [0.1, 0.15) is 5.69 Å². The van der Waals surface area contributed by atoms with Crippen LogP contribution in [0.5, 0.6) is 0 Å². The third kappa shape index (κ3) is 3.47. The molecule has 1 fully saturated rings. The van der Waals surface area contributed by atoms with Crippen LogP contribution >= 0.6 is 12.4 Å². The summed E-state index contributed by atoms with van der Waals surface area (Å²) < 4.78 is 0. The summed E-state index contributed by atoms with van der Waals surface area (Å²) >= 11 is 0. The first-order chi connectivity index (χ1) is 9.45. The van der Waals surface area contributed by atoms with Crippen molar-refractivity contribution < 1.29 is 9.59 Å². The van der Waals surface area contributed by atoms with Gasteiger partial charge in [-0.3, -0.25) is 9.59 Å². The second-order valence-electron chi connectivity index (χ2n) is 5.58. The summed E-state index contributed by atoms with van der Waals surface area (Å²) in [5, 5.41) is 0. The molecule has 21 heavy (non-hydrogen) atoms. The highest BCUT2D eigenvalue weighted by Gasteiger charge is 2.29. The maximum Gasteiger partial charge on any atom is 0.270 e. The molecule has 118 valence electrons. The topological polar surface area (TPSA) is 79.2 Å². The van der Waals surface area contributed by atoms with Gasteiger partial charge in [-0.15, -0.1) is 12.4 Å². The third-order valence-corrected chi connectivity index (χ3v) is 3.87. The molecule has 3 N–H and O–H groups in total. The van der Waals surface area contributed by atoms with Crippen molar-refractivity contribution in [1.29, 1.82) is 0 Å². The molecule has 1 aliphatic heterocycles. The number of H-pyrrole nitrogens is 1. The monoisotopic (exact) mass is 313 g/mol. The standard InChI is InChI=1S/C15H23N3O2.ClH/c1-4-5-12-13(10(3)19)9(2)17-14(12)15(20)18-7-6-11(16)8-18;/h11,17H,4-8,16H2,1-3H3;1H/t11-;/m1./s1. The molecule has 1 aromatic heterocycles. The Kier molecular flexibility index (Phi) is 5.98. The van der Waals surface area contributed by atoms with Crippen molar-refractivity contribution in [2.45, 2.75) is 46.1 Å². The first kappa shape index (κ1) is 17.7. The molecule has 0 spiro atoms. The number of Topliss-reactive ketones (excluding diaryl/α,β-unsaturated/α-hetero) is 1. The predicted molar refractivity (Wildman–Crippen MR) is 85.3 cm³/mol. The number of carbonyl (C=O) groups is 2. The number of aromatic amines is 1. The first-order valence-electron chi connectivity index (χ1n) is 7.22. The molecule has 1 saturated heterocycles. The van der Waals surface area contributed by atoms with Gasteiger partial charge in [0.2, 0.25) is 0 Å². The summed E-state index contributed by atoms with van der Waals surface area (Å²) in [4.78, 5) is 29.3. The number of aryl methyl sites for hydroxylation is 1. The molecule has 2 heterocycles. The van der Waals surface area contributed by atoms with E-state index < -0.39 is 0 Å². The lowest BCUT2D eigenvalue weighted by molar-refractivity contribution is 0.0784. The molecule has 0 unspecified atom stereocenters. The number of aromatic nitrogens is 1. The zero-order valence-corrected chi connectivity index (χ0v) is 13.7. The van der Waals surface area contributed by atoms with Crippen LogP contribution < -0.4 is 5.73 Å². The van der Waals surface area contributed by atoms with Crippen molar-refractivity contribution in [1.82, 2.24) is 9.88 Å². The highest BCUT2D eigenvalue weighted by molar-refractivity contribution is 6.02. The van der Waals surface area contributed by atoms with Gasteiger partial charge in [0.15, 0.2) is 5.78 Å². The number of carbonyl (C=O) groups excluding carboxylic acids is 2. The van der Waals surface area contributed by atoms with Gasteiger partial charge in [-0.1, -0.05) is 13.3 Å². The first-order valence-corrected chi connectivity index (χ1v) is 7.22. The molecule has 1 atom stereocenters. The van der Waals surface area contributed by atoms with Crippen LogP contribution in [-0.4, -0.2) is 40.7 Å². The van der Waals surface area contributed by atoms with Crippen molar-refractivity contribution in [2.75, 3.05) is 13.1 Å². The Balaban J connectivity index is 0.00000220. The van der Waals surface area contributed by atoms with E-state index in [0.29, 0.717) is 24.3 Å². The smallest absolute Gasteiger partial charge is 0.270 e. The summed E-state index contributed by atoms with van der Waals surface area (Å²) in [5.41, 5.74) is 8.76. The molecule has 1 amide bonds. The summed E-state index contributed by atoms with van der Waals surface area (Å²) in [6.07, 6.45) is 2.48. The number of rotatable bonds is 4. The maximum atomic E-state index is 12.6. The molecular formula is C15H24ClN3O2. The zero-order chi connectivity index (χ0) is 14.9. The molecule has 0 radical (unpaired) electrons. The lowest BCUT2D eigenvalue weighted by Crippen LogP contribution is -2.32. The van der Waals surface area contributed by atoms with Gasteiger partial charge < -0.3 is 15.6 Å². The van der Waals surface area contributed by atoms with Crippen molar-refractivity contribution in [3.8, 4) is 0 Å². The Hall–Kier alpha value is -1.33. The summed E-state index contributed by atoms with van der Waals surface area (Å²) in [7, 11) is 0. The van der Waals surface area contributed by atoms with Crippen molar-refractivity contribution in [3.05, 3.63) is 22.5 Å². The van der Waals surface area contributed by atoms with E-state index >= 15 is 0 Å². The van der Waals surface area contributed by atoms with E-state index in [-0.39, 0.29) is 30.1 Å². The van der Waals surface area contributed by atoms with Crippen LogP contribution in [0.2, 0.25) is 0 Å². The molecule has 6 heteroatoms. The van der Waals surface area contributed by atoms with Gasteiger partial charge in [-0.2, -0.15) is 0 Å². The quantitative estimate of drug-likeness (QED) is 0.835. The summed E-state index contributed by atoms with van der Waals surface area (Å²) in [6, 6.07) is 0.0666. The largest absolute Gasteiger partial charge is 0.354 e. The highest BCUT2D eigenvalue weighted by Crippen LogP contribution is 2.23. The highest BCUT2D eigenvalue weighted by atomic mass is 35.5. The van der Waals surface area contributed by atoms with Gasteiger partial charge in [0.25, 0.3) is 5.91 Å². The van der Waals surface area contributed by atoms with Crippen LogP contribution in [0.25, 0.3) is 0 Å². The number of likely N-dealkylation sites (tertiary alicyclic amines) is 1. The van der Waals surface area contributed by atoms with Crippen LogP contribution in [-0.2, 0) is 6.42 Å². The van der Waals surface area contributed by atoms with E-state index in [1.165, 1.54) is 0 Å². The summed E-state index contributed by atoms with van der Waals surface area (Å²) in [6.45, 7) is 6.74. The Labute approximate surface area is 131 Å². The Morgan fingerprint density at radius 2 is 2.10 bits per heavy atom. The normalized spacial score (nSPS) is 17.7. The van der Waals surface area contributed by atoms with E-state index in [9.17, 15) is 9.59 Å². The Morgan fingerprint density at radius 3 is 2.57 bits per heavy atom. The minimum Gasteiger partial charge on any atom is -0.354 e. The van der Waals surface area contributed by atoms with Crippen molar-refractivity contribution in [2.24, 2.45) is 5.73 Å². The average Bonchev–Trinajstić information content (AvgIpc) is 2.93. The maximum absolute atomic E-state index is 12.6. The molecule has 5 nitrogen and oxygen atoms in total. The zero-order valence-electron chi connectivity index (χ0n) is 12.9. The molecule has 1 aromatic rings. The minimum absolute atomic E-state index is 0. The number of nitrogens with two attached hydrogens (primary N) is 1. The minimum atomic E-state index is -0.0306. The van der Waals surface area contributed by atoms with E-state index in [1.807, 2.05) is 13.8 Å². The van der Waals surface area contributed by atoms with E-state index in [1.54, 1.807) is 11.8 Å². The average molecular weight is 314 g/mol. The Morgan fingerprint density at radius 1 is 1.43 bits per heavy atom. The molecule has 1 aliphatic rings. The number of hydrogen-bond acceptors (Lipinski definition) is 3. The predicted octanol–water partition coefficient (Wildman–Crippen LogP) is 2.07. The second-order valence-corrected chi connectivity index (χ2v) is 5.58. The van der Waals surface area contributed by atoms with Gasteiger partial charge in [-0.25, -0.2) is 0 Å². The SMILES string of the molecule is CCCc1c(C(=O)N2CC[C@@H](N)C2)[nH]c(C)c1C(C)=O.Cl. The molecule has 2 rings (SSSR count). The molecule has 0 aromatic carbocycles. The molecule has 0 saturated carbocycles. The van der Waals surface area contributed by atoms with Gasteiger partial charge in [-0.05, 0) is 32.3 Å². The van der Waals surface area contributed by atoms with Crippen LogP contribution in [0.4, 0.5) is 0 Å². The number of halogens is 1. The van der Waals surface area contributed by atoms with Crippen molar-refractivity contribution >= 4 is 24.1 Å². The van der Waals surface area contributed by atoms with Crippen LogP contribution in [0, 0.1) is 6.92 Å². The fraction of sp³-hybridized carbons (Fsp3) is 0.600. The van der Waals surface area contributed by atoms with Gasteiger partial charge in [0, 0.05) is 30.4 Å². The molecule has 0 bridgehead atoms. The van der Waals surface area contributed by atoms with Crippen LogP contribution in [0.15, 0.2) is 0 Å². The fourth-order valence-corrected chi connectivity index (χ4v) is 2.97.